The number of hydrogen-bond donors (Lipinski definition) is 1. The maximum Gasteiger partial charge on any atom is 0.0636 e. The zero-order valence-electron chi connectivity index (χ0n) is 10.2. The molecule has 4 nitrogen and oxygen atoms in total. The lowest BCUT2D eigenvalue weighted by Crippen LogP contribution is -2.55. The molecule has 0 aromatic carbocycles. The first kappa shape index (κ1) is 12.3. The molecule has 2 aliphatic rings. The van der Waals surface area contributed by atoms with E-state index in [0.717, 1.165) is 45.2 Å². The van der Waals surface area contributed by atoms with Crippen LogP contribution in [-0.2, 0) is 9.47 Å². The van der Waals surface area contributed by atoms with Gasteiger partial charge in [-0.2, -0.15) is 0 Å². The van der Waals surface area contributed by atoms with Crippen LogP contribution in [0.5, 0.6) is 0 Å². The molecule has 0 aromatic heterocycles. The van der Waals surface area contributed by atoms with Gasteiger partial charge >= 0.3 is 0 Å². The van der Waals surface area contributed by atoms with Crippen LogP contribution in [-0.4, -0.2) is 57.0 Å². The van der Waals surface area contributed by atoms with E-state index in [1.807, 2.05) is 0 Å². The van der Waals surface area contributed by atoms with Gasteiger partial charge in [0.25, 0.3) is 0 Å². The van der Waals surface area contributed by atoms with Crippen molar-refractivity contribution in [2.45, 2.75) is 31.3 Å². The Balaban J connectivity index is 1.79. The molecule has 2 N–H and O–H groups in total. The van der Waals surface area contributed by atoms with Crippen molar-refractivity contribution in [1.82, 2.24) is 4.90 Å². The number of methoxy groups -OCH3 is 1. The number of nitrogens with zero attached hydrogens (tertiary/aromatic N) is 1. The lowest BCUT2D eigenvalue weighted by atomic mass is 9.94. The monoisotopic (exact) mass is 228 g/mol. The van der Waals surface area contributed by atoms with E-state index in [4.69, 9.17) is 15.2 Å². The van der Waals surface area contributed by atoms with Crippen molar-refractivity contribution >= 4 is 0 Å². The zero-order chi connectivity index (χ0) is 11.4. The number of ether oxygens (including phenoxy) is 2. The van der Waals surface area contributed by atoms with Gasteiger partial charge in [0.15, 0.2) is 0 Å². The van der Waals surface area contributed by atoms with Gasteiger partial charge in [-0.3, -0.25) is 4.90 Å². The van der Waals surface area contributed by atoms with Crippen molar-refractivity contribution in [2.24, 2.45) is 11.7 Å². The van der Waals surface area contributed by atoms with Crippen LogP contribution >= 0.6 is 0 Å². The summed E-state index contributed by atoms with van der Waals surface area (Å²) in [4.78, 5) is 2.51. The van der Waals surface area contributed by atoms with Crippen molar-refractivity contribution in [3.8, 4) is 0 Å². The minimum Gasteiger partial charge on any atom is -0.384 e. The molecule has 16 heavy (non-hydrogen) atoms. The minimum absolute atomic E-state index is 0.299. The first-order valence-electron chi connectivity index (χ1n) is 6.37. The largest absolute Gasteiger partial charge is 0.384 e. The Bertz CT molecular complexity index is 205. The molecular formula is C12H24N2O2. The van der Waals surface area contributed by atoms with Gasteiger partial charge in [0, 0.05) is 32.4 Å². The average molecular weight is 228 g/mol. The van der Waals surface area contributed by atoms with Gasteiger partial charge in [-0.25, -0.2) is 0 Å². The van der Waals surface area contributed by atoms with Crippen molar-refractivity contribution in [2.75, 3.05) is 40.0 Å². The van der Waals surface area contributed by atoms with Gasteiger partial charge in [0.2, 0.25) is 0 Å². The normalized spacial score (nSPS) is 34.1. The van der Waals surface area contributed by atoms with E-state index in [0.29, 0.717) is 12.1 Å². The summed E-state index contributed by atoms with van der Waals surface area (Å²) in [5, 5.41) is 0. The Hall–Kier alpha value is -0.160. The van der Waals surface area contributed by atoms with Gasteiger partial charge in [-0.15, -0.1) is 0 Å². The van der Waals surface area contributed by atoms with Crippen LogP contribution in [0.3, 0.4) is 0 Å². The van der Waals surface area contributed by atoms with Crippen molar-refractivity contribution in [1.29, 1.82) is 0 Å². The van der Waals surface area contributed by atoms with Gasteiger partial charge in [-0.05, 0) is 38.3 Å². The highest BCUT2D eigenvalue weighted by Gasteiger charge is 2.30. The number of nitrogens with two attached hydrogens (primary N) is 1. The molecule has 2 atom stereocenters. The van der Waals surface area contributed by atoms with Gasteiger partial charge in [0.05, 0.1) is 6.61 Å². The summed E-state index contributed by atoms with van der Waals surface area (Å²) in [6.45, 7) is 4.85. The summed E-state index contributed by atoms with van der Waals surface area (Å²) in [6, 6.07) is 0.741. The fourth-order valence-electron chi connectivity index (χ4n) is 2.80. The summed E-state index contributed by atoms with van der Waals surface area (Å²) in [5.41, 5.74) is 6.16. The fraction of sp³-hybridized carbons (Fsp3) is 1.00. The first-order chi connectivity index (χ1) is 7.81. The van der Waals surface area contributed by atoms with E-state index >= 15 is 0 Å². The molecule has 2 saturated heterocycles. The molecule has 0 spiro atoms. The number of rotatable bonds is 3. The SMILES string of the molecule is COCC1CCN(C2COCCC2N)CC1. The maximum atomic E-state index is 6.16. The molecule has 0 amide bonds. The standard InChI is InChI=1S/C12H24N2O2/c1-15-8-10-2-5-14(6-3-10)12-9-16-7-4-11(12)13/h10-12H,2-9,13H2,1H3. The van der Waals surface area contributed by atoms with E-state index in [1.165, 1.54) is 12.8 Å². The minimum atomic E-state index is 0.299. The van der Waals surface area contributed by atoms with Crippen LogP contribution in [0.1, 0.15) is 19.3 Å². The first-order valence-corrected chi connectivity index (χ1v) is 6.37. The highest BCUT2D eigenvalue weighted by atomic mass is 16.5. The lowest BCUT2D eigenvalue weighted by Gasteiger charge is -2.41. The molecule has 0 aliphatic carbocycles. The summed E-state index contributed by atoms with van der Waals surface area (Å²) in [7, 11) is 1.79. The van der Waals surface area contributed by atoms with E-state index in [-0.39, 0.29) is 0 Å². The quantitative estimate of drug-likeness (QED) is 0.762. The van der Waals surface area contributed by atoms with Gasteiger partial charge in [-0.1, -0.05) is 0 Å². The molecule has 4 heteroatoms. The predicted octanol–water partition coefficient (Wildman–Crippen LogP) is 0.461. The van der Waals surface area contributed by atoms with Gasteiger partial charge < -0.3 is 15.2 Å². The Kier molecular flexibility index (Phi) is 4.58. The molecule has 2 unspecified atom stereocenters. The predicted molar refractivity (Wildman–Crippen MR) is 63.4 cm³/mol. The van der Waals surface area contributed by atoms with Crippen LogP contribution < -0.4 is 5.73 Å². The second-order valence-electron chi connectivity index (χ2n) is 5.03. The molecule has 94 valence electrons. The topological polar surface area (TPSA) is 47.7 Å². The van der Waals surface area contributed by atoms with E-state index in [1.54, 1.807) is 7.11 Å². The number of hydrogen-bond acceptors (Lipinski definition) is 4. The summed E-state index contributed by atoms with van der Waals surface area (Å²) in [6.07, 6.45) is 3.47. The van der Waals surface area contributed by atoms with Crippen molar-refractivity contribution < 1.29 is 9.47 Å². The second kappa shape index (κ2) is 5.96. The average Bonchev–Trinajstić information content (AvgIpc) is 2.31. The lowest BCUT2D eigenvalue weighted by molar-refractivity contribution is -0.0117. The molecule has 2 aliphatic heterocycles. The molecule has 2 heterocycles. The third kappa shape index (κ3) is 2.94. The van der Waals surface area contributed by atoms with Gasteiger partial charge in [0.1, 0.15) is 0 Å². The molecular weight excluding hydrogens is 204 g/mol. The molecule has 2 fully saturated rings. The Morgan fingerprint density at radius 2 is 2.06 bits per heavy atom. The third-order valence-corrected chi connectivity index (χ3v) is 3.90. The molecule has 2 rings (SSSR count). The number of piperidine rings is 1. The molecule has 0 bridgehead atoms. The van der Waals surface area contributed by atoms with Crippen molar-refractivity contribution in [3.63, 3.8) is 0 Å². The van der Waals surface area contributed by atoms with E-state index < -0.39 is 0 Å². The number of likely N-dealkylation sites (tertiary alicyclic amines) is 1. The maximum absolute atomic E-state index is 6.16. The highest BCUT2D eigenvalue weighted by Crippen LogP contribution is 2.22. The van der Waals surface area contributed by atoms with E-state index in [2.05, 4.69) is 4.90 Å². The van der Waals surface area contributed by atoms with Crippen LogP contribution in [0.4, 0.5) is 0 Å². The second-order valence-corrected chi connectivity index (χ2v) is 5.03. The highest BCUT2D eigenvalue weighted by molar-refractivity contribution is 4.87. The molecule has 0 radical (unpaired) electrons. The summed E-state index contributed by atoms with van der Waals surface area (Å²) in [5.74, 6) is 0.738. The Morgan fingerprint density at radius 1 is 1.31 bits per heavy atom. The van der Waals surface area contributed by atoms with Crippen molar-refractivity contribution in [3.05, 3.63) is 0 Å². The van der Waals surface area contributed by atoms with Crippen LogP contribution in [0.25, 0.3) is 0 Å². The smallest absolute Gasteiger partial charge is 0.0636 e. The van der Waals surface area contributed by atoms with Crippen LogP contribution in [0, 0.1) is 5.92 Å². The van der Waals surface area contributed by atoms with E-state index in [9.17, 15) is 0 Å². The Labute approximate surface area is 98.1 Å². The summed E-state index contributed by atoms with van der Waals surface area (Å²) >= 11 is 0. The molecule has 0 saturated carbocycles. The fourth-order valence-corrected chi connectivity index (χ4v) is 2.80. The third-order valence-electron chi connectivity index (χ3n) is 3.90. The zero-order valence-corrected chi connectivity index (χ0v) is 10.2. The summed E-state index contributed by atoms with van der Waals surface area (Å²) < 4.78 is 10.7. The van der Waals surface area contributed by atoms with Crippen LogP contribution in [0.2, 0.25) is 0 Å². The Morgan fingerprint density at radius 3 is 2.69 bits per heavy atom. The molecule has 0 aromatic rings. The van der Waals surface area contributed by atoms with Crippen LogP contribution in [0.15, 0.2) is 0 Å².